The number of nitrogens with two attached hydrogens (primary N) is 1. The maximum Gasteiger partial charge on any atom is 0.305 e. The lowest BCUT2D eigenvalue weighted by atomic mass is 9.83. The summed E-state index contributed by atoms with van der Waals surface area (Å²) in [4.78, 5) is 36.9. The van der Waals surface area contributed by atoms with E-state index in [9.17, 15) is 14.4 Å². The molecule has 0 aromatic carbocycles. The van der Waals surface area contributed by atoms with Crippen LogP contribution in [0, 0.1) is 5.41 Å². The maximum absolute atomic E-state index is 12.8. The number of carboxylic acid groups (broad SMARTS) is 1. The Morgan fingerprint density at radius 2 is 2.05 bits per heavy atom. The lowest BCUT2D eigenvalue weighted by molar-refractivity contribution is -0.154. The number of carboxylic acids is 1. The third-order valence-electron chi connectivity index (χ3n) is 4.36. The fourth-order valence-corrected chi connectivity index (χ4v) is 3.19. The smallest absolute Gasteiger partial charge is 0.305 e. The van der Waals surface area contributed by atoms with Crippen LogP contribution >= 0.6 is 0 Å². The standard InChI is InChI=1S/C13H21N3O4/c14-8-13(3-1-2-4-13)12(20)16-6-5-15-11(19)9(16)7-10(17)18/h9H,1-8,14H2,(H,15,19)(H,17,18). The van der Waals surface area contributed by atoms with E-state index in [0.29, 0.717) is 13.1 Å². The van der Waals surface area contributed by atoms with Gasteiger partial charge >= 0.3 is 5.97 Å². The number of carbonyl (C=O) groups excluding carboxylic acids is 2. The van der Waals surface area contributed by atoms with Gasteiger partial charge in [0.05, 0.1) is 11.8 Å². The molecule has 1 saturated carbocycles. The van der Waals surface area contributed by atoms with Crippen LogP contribution in [0.5, 0.6) is 0 Å². The van der Waals surface area contributed by atoms with Gasteiger partial charge in [-0.2, -0.15) is 0 Å². The Kier molecular flexibility index (Phi) is 4.27. The molecule has 7 nitrogen and oxygen atoms in total. The number of piperazine rings is 1. The highest BCUT2D eigenvalue weighted by atomic mass is 16.4. The molecular formula is C13H21N3O4. The van der Waals surface area contributed by atoms with Gasteiger partial charge in [0.15, 0.2) is 0 Å². The number of nitrogens with zero attached hydrogens (tertiary/aromatic N) is 1. The molecule has 0 bridgehead atoms. The Hall–Kier alpha value is -1.63. The molecule has 1 aliphatic carbocycles. The zero-order valence-electron chi connectivity index (χ0n) is 11.4. The average Bonchev–Trinajstić information content (AvgIpc) is 2.90. The number of rotatable bonds is 4. The lowest BCUT2D eigenvalue weighted by Gasteiger charge is -2.40. The predicted molar refractivity (Wildman–Crippen MR) is 70.7 cm³/mol. The zero-order chi connectivity index (χ0) is 14.8. The van der Waals surface area contributed by atoms with Gasteiger partial charge in [-0.05, 0) is 12.8 Å². The summed E-state index contributed by atoms with van der Waals surface area (Å²) in [5, 5.41) is 11.5. The summed E-state index contributed by atoms with van der Waals surface area (Å²) in [6.45, 7) is 0.968. The highest BCUT2D eigenvalue weighted by Gasteiger charge is 2.46. The first-order valence-electron chi connectivity index (χ1n) is 7.01. The Labute approximate surface area is 117 Å². The minimum Gasteiger partial charge on any atom is -0.481 e. The van der Waals surface area contributed by atoms with Gasteiger partial charge in [-0.3, -0.25) is 14.4 Å². The Balaban J connectivity index is 2.20. The quantitative estimate of drug-likeness (QED) is 0.632. The molecule has 1 aliphatic heterocycles. The van der Waals surface area contributed by atoms with E-state index in [-0.39, 0.29) is 18.9 Å². The molecule has 0 aromatic rings. The van der Waals surface area contributed by atoms with Crippen LogP contribution in [0.15, 0.2) is 0 Å². The molecular weight excluding hydrogens is 262 g/mol. The second kappa shape index (κ2) is 5.78. The highest BCUT2D eigenvalue weighted by Crippen LogP contribution is 2.39. The third-order valence-corrected chi connectivity index (χ3v) is 4.36. The minimum atomic E-state index is -1.09. The Bertz CT molecular complexity index is 418. The van der Waals surface area contributed by atoms with E-state index in [1.54, 1.807) is 0 Å². The fraction of sp³-hybridized carbons (Fsp3) is 0.769. The first-order chi connectivity index (χ1) is 9.50. The van der Waals surface area contributed by atoms with Crippen LogP contribution in [0.1, 0.15) is 32.1 Å². The monoisotopic (exact) mass is 283 g/mol. The third kappa shape index (κ3) is 2.63. The van der Waals surface area contributed by atoms with Crippen LogP contribution < -0.4 is 11.1 Å². The van der Waals surface area contributed by atoms with E-state index < -0.39 is 23.3 Å². The van der Waals surface area contributed by atoms with Crippen molar-refractivity contribution in [2.45, 2.75) is 38.1 Å². The summed E-state index contributed by atoms with van der Waals surface area (Å²) in [7, 11) is 0. The van der Waals surface area contributed by atoms with Gasteiger partial charge in [0.2, 0.25) is 11.8 Å². The van der Waals surface area contributed by atoms with E-state index in [0.717, 1.165) is 25.7 Å². The van der Waals surface area contributed by atoms with Crippen LogP contribution in [0.25, 0.3) is 0 Å². The van der Waals surface area contributed by atoms with E-state index in [1.165, 1.54) is 4.90 Å². The molecule has 2 fully saturated rings. The van der Waals surface area contributed by atoms with E-state index in [2.05, 4.69) is 5.32 Å². The van der Waals surface area contributed by atoms with E-state index >= 15 is 0 Å². The number of carbonyl (C=O) groups is 3. The van der Waals surface area contributed by atoms with Crippen LogP contribution in [0.2, 0.25) is 0 Å². The summed E-state index contributed by atoms with van der Waals surface area (Å²) in [6.07, 6.45) is 2.98. The number of hydrogen-bond donors (Lipinski definition) is 3. The molecule has 1 atom stereocenters. The summed E-state index contributed by atoms with van der Waals surface area (Å²) in [5.41, 5.74) is 5.19. The number of hydrogen-bond acceptors (Lipinski definition) is 4. The molecule has 1 heterocycles. The van der Waals surface area contributed by atoms with Crippen molar-refractivity contribution in [3.63, 3.8) is 0 Å². The molecule has 0 spiro atoms. The van der Waals surface area contributed by atoms with Gasteiger partial charge in [-0.15, -0.1) is 0 Å². The van der Waals surface area contributed by atoms with Gasteiger partial charge in [0.1, 0.15) is 6.04 Å². The summed E-state index contributed by atoms with van der Waals surface area (Å²) in [5.74, 6) is -1.63. The first-order valence-corrected chi connectivity index (χ1v) is 7.01. The zero-order valence-corrected chi connectivity index (χ0v) is 11.4. The second-order valence-corrected chi connectivity index (χ2v) is 5.59. The normalized spacial score (nSPS) is 25.4. The van der Waals surface area contributed by atoms with Crippen molar-refractivity contribution in [3.05, 3.63) is 0 Å². The van der Waals surface area contributed by atoms with Gasteiger partial charge in [0, 0.05) is 19.6 Å². The van der Waals surface area contributed by atoms with Crippen molar-refractivity contribution < 1.29 is 19.5 Å². The molecule has 20 heavy (non-hydrogen) atoms. The Morgan fingerprint density at radius 1 is 1.40 bits per heavy atom. The van der Waals surface area contributed by atoms with Gasteiger partial charge in [-0.25, -0.2) is 0 Å². The van der Waals surface area contributed by atoms with Crippen LogP contribution in [0.3, 0.4) is 0 Å². The maximum atomic E-state index is 12.8. The summed E-state index contributed by atoms with van der Waals surface area (Å²) in [6, 6.07) is -0.919. The molecule has 2 aliphatic rings. The van der Waals surface area contributed by atoms with Gasteiger partial charge < -0.3 is 21.1 Å². The van der Waals surface area contributed by atoms with Crippen molar-refractivity contribution in [1.29, 1.82) is 0 Å². The highest BCUT2D eigenvalue weighted by molar-refractivity contribution is 5.93. The SMILES string of the molecule is NCC1(C(=O)N2CCNC(=O)C2CC(=O)O)CCCC1. The van der Waals surface area contributed by atoms with Gasteiger partial charge in [0.25, 0.3) is 0 Å². The molecule has 7 heteroatoms. The van der Waals surface area contributed by atoms with Gasteiger partial charge in [-0.1, -0.05) is 12.8 Å². The largest absolute Gasteiger partial charge is 0.481 e. The molecule has 2 amide bonds. The van der Waals surface area contributed by atoms with Crippen molar-refractivity contribution in [1.82, 2.24) is 10.2 Å². The average molecular weight is 283 g/mol. The first kappa shape index (κ1) is 14.8. The molecule has 0 radical (unpaired) electrons. The Morgan fingerprint density at radius 3 is 2.60 bits per heavy atom. The second-order valence-electron chi connectivity index (χ2n) is 5.59. The van der Waals surface area contributed by atoms with Crippen molar-refractivity contribution in [2.24, 2.45) is 11.1 Å². The molecule has 4 N–H and O–H groups in total. The molecule has 0 aromatic heterocycles. The summed E-state index contributed by atoms with van der Waals surface area (Å²) >= 11 is 0. The van der Waals surface area contributed by atoms with Crippen molar-refractivity contribution in [2.75, 3.05) is 19.6 Å². The fourth-order valence-electron chi connectivity index (χ4n) is 3.19. The summed E-state index contributed by atoms with van der Waals surface area (Å²) < 4.78 is 0. The lowest BCUT2D eigenvalue weighted by Crippen LogP contribution is -2.61. The minimum absolute atomic E-state index is 0.154. The van der Waals surface area contributed by atoms with Crippen LogP contribution in [-0.2, 0) is 14.4 Å². The van der Waals surface area contributed by atoms with Crippen molar-refractivity contribution in [3.8, 4) is 0 Å². The van der Waals surface area contributed by atoms with Crippen molar-refractivity contribution >= 4 is 17.8 Å². The molecule has 112 valence electrons. The molecule has 2 rings (SSSR count). The van der Waals surface area contributed by atoms with Crippen LogP contribution in [-0.4, -0.2) is 53.5 Å². The number of amides is 2. The topological polar surface area (TPSA) is 113 Å². The number of aliphatic carboxylic acids is 1. The van der Waals surface area contributed by atoms with E-state index in [4.69, 9.17) is 10.8 Å². The molecule has 1 saturated heterocycles. The van der Waals surface area contributed by atoms with E-state index in [1.807, 2.05) is 0 Å². The predicted octanol–water partition coefficient (Wildman–Crippen LogP) is -0.693. The van der Waals surface area contributed by atoms with Crippen LogP contribution in [0.4, 0.5) is 0 Å². The molecule has 1 unspecified atom stereocenters. The number of nitrogens with one attached hydrogen (secondary N) is 1.